The number of rotatable bonds is 11. The normalized spacial score (nSPS) is 11.3. The maximum atomic E-state index is 13.4. The summed E-state index contributed by atoms with van der Waals surface area (Å²) >= 11 is 0. The van der Waals surface area contributed by atoms with Crippen molar-refractivity contribution in [3.8, 4) is 17.2 Å². The fraction of sp³-hybridized carbons (Fsp3) is 0.286. The maximum absolute atomic E-state index is 13.4. The first kappa shape index (κ1) is 23.5. The summed E-state index contributed by atoms with van der Waals surface area (Å²) in [6.07, 6.45) is 0. The molecule has 0 bridgehead atoms. The smallest absolute Gasteiger partial charge is 0.385 e. The number of nitro groups is 1. The summed E-state index contributed by atoms with van der Waals surface area (Å²) in [7, 11) is -2.21. The number of non-ortho nitro benzene ring substituents is 1. The van der Waals surface area contributed by atoms with Gasteiger partial charge < -0.3 is 23.5 Å². The lowest BCUT2D eigenvalue weighted by molar-refractivity contribution is -0.384. The molecule has 3 rings (SSSR count). The lowest BCUT2D eigenvalue weighted by atomic mass is 10.2. The third-order valence-corrected chi connectivity index (χ3v) is 6.40. The molecule has 1 aromatic heterocycles. The Morgan fingerprint density at radius 3 is 2.41 bits per heavy atom. The number of nitrogens with one attached hydrogen (secondary N) is 1. The summed E-state index contributed by atoms with van der Waals surface area (Å²) in [5, 5.41) is 14.2. The topological polar surface area (TPSA) is 126 Å². The van der Waals surface area contributed by atoms with Crippen molar-refractivity contribution in [2.24, 2.45) is 0 Å². The minimum Gasteiger partial charge on any atom is -0.497 e. The highest BCUT2D eigenvalue weighted by molar-refractivity contribution is 7.62. The second kappa shape index (κ2) is 10.4. The monoisotopic (exact) mass is 461 g/mol. The van der Waals surface area contributed by atoms with Gasteiger partial charge in [-0.1, -0.05) is 18.2 Å². The molecule has 0 atom stereocenters. The first-order valence-electron chi connectivity index (χ1n) is 9.92. The van der Waals surface area contributed by atoms with E-state index in [1.807, 2.05) is 24.3 Å². The quantitative estimate of drug-likeness (QED) is 0.244. The first-order chi connectivity index (χ1) is 15.4. The Labute approximate surface area is 185 Å². The summed E-state index contributed by atoms with van der Waals surface area (Å²) in [5.41, 5.74) is 1.13. The number of anilines is 1. The molecule has 1 N–H and O–H groups in total. The standard InChI is InChI=1S/C21H24N3O7P/c1-4-29-32(27,30-5-2)21-20(22-14-15-9-11-18(28-3)12-10-15)31-19(23-21)16-7-6-8-17(13-16)24(25)26/h6-13,22H,4-5,14H2,1-3H3. The predicted octanol–water partition coefficient (Wildman–Crippen LogP) is 4.76. The Balaban J connectivity index is 1.99. The van der Waals surface area contributed by atoms with Gasteiger partial charge in [0.1, 0.15) is 5.75 Å². The summed E-state index contributed by atoms with van der Waals surface area (Å²) in [4.78, 5) is 15.0. The number of methoxy groups -OCH3 is 1. The molecule has 0 amide bonds. The van der Waals surface area contributed by atoms with Gasteiger partial charge in [0.25, 0.3) is 5.69 Å². The number of hydrogen-bond donors (Lipinski definition) is 1. The van der Waals surface area contributed by atoms with Gasteiger partial charge in [-0.2, -0.15) is 4.98 Å². The number of nitro benzene ring substituents is 1. The molecule has 0 aliphatic carbocycles. The molecular weight excluding hydrogens is 437 g/mol. The average molecular weight is 461 g/mol. The Morgan fingerprint density at radius 1 is 1.12 bits per heavy atom. The Kier molecular flexibility index (Phi) is 7.63. The van der Waals surface area contributed by atoms with Crippen molar-refractivity contribution >= 4 is 24.6 Å². The highest BCUT2D eigenvalue weighted by Crippen LogP contribution is 2.49. The third-order valence-electron chi connectivity index (χ3n) is 4.38. The molecule has 0 aliphatic heterocycles. The van der Waals surface area contributed by atoms with E-state index < -0.39 is 12.5 Å². The van der Waals surface area contributed by atoms with E-state index in [4.69, 9.17) is 18.2 Å². The third kappa shape index (κ3) is 5.34. The van der Waals surface area contributed by atoms with Gasteiger partial charge in [-0.25, -0.2) is 0 Å². The van der Waals surface area contributed by atoms with Crippen LogP contribution in [0.4, 0.5) is 11.6 Å². The largest absolute Gasteiger partial charge is 0.497 e. The molecule has 2 aromatic carbocycles. The van der Waals surface area contributed by atoms with Crippen molar-refractivity contribution in [1.29, 1.82) is 0 Å². The molecule has 10 nitrogen and oxygen atoms in total. The van der Waals surface area contributed by atoms with Gasteiger partial charge in [0.05, 0.1) is 25.2 Å². The van der Waals surface area contributed by atoms with E-state index in [1.54, 1.807) is 27.0 Å². The van der Waals surface area contributed by atoms with Crippen molar-refractivity contribution < 1.29 is 27.7 Å². The lowest BCUT2D eigenvalue weighted by Crippen LogP contribution is -2.16. The number of nitrogens with zero attached hydrogens (tertiary/aromatic N) is 2. The molecule has 32 heavy (non-hydrogen) atoms. The van der Waals surface area contributed by atoms with E-state index in [9.17, 15) is 14.7 Å². The van der Waals surface area contributed by atoms with Crippen molar-refractivity contribution in [2.45, 2.75) is 20.4 Å². The van der Waals surface area contributed by atoms with E-state index in [-0.39, 0.29) is 36.1 Å². The van der Waals surface area contributed by atoms with Crippen LogP contribution in [0.5, 0.6) is 5.75 Å². The highest BCUT2D eigenvalue weighted by Gasteiger charge is 2.36. The summed E-state index contributed by atoms with van der Waals surface area (Å²) in [5.74, 6) is 0.882. The van der Waals surface area contributed by atoms with Crippen LogP contribution in [-0.4, -0.2) is 30.2 Å². The predicted molar refractivity (Wildman–Crippen MR) is 119 cm³/mol. The van der Waals surface area contributed by atoms with Crippen LogP contribution in [0.1, 0.15) is 19.4 Å². The molecular formula is C21H24N3O7P. The second-order valence-electron chi connectivity index (χ2n) is 6.51. The van der Waals surface area contributed by atoms with Crippen molar-refractivity contribution in [2.75, 3.05) is 25.6 Å². The lowest BCUT2D eigenvalue weighted by Gasteiger charge is -2.15. The number of hydrogen-bond acceptors (Lipinski definition) is 9. The van der Waals surface area contributed by atoms with Gasteiger partial charge in [-0.3, -0.25) is 14.7 Å². The van der Waals surface area contributed by atoms with Crippen LogP contribution in [0, 0.1) is 10.1 Å². The van der Waals surface area contributed by atoms with Crippen LogP contribution in [0.3, 0.4) is 0 Å². The van der Waals surface area contributed by atoms with Gasteiger partial charge in [0, 0.05) is 24.2 Å². The molecule has 0 aliphatic rings. The van der Waals surface area contributed by atoms with E-state index in [0.29, 0.717) is 12.1 Å². The maximum Gasteiger partial charge on any atom is 0.385 e. The molecule has 1 heterocycles. The minimum absolute atomic E-state index is 0.0174. The van der Waals surface area contributed by atoms with Crippen LogP contribution in [0.25, 0.3) is 11.5 Å². The molecule has 0 radical (unpaired) electrons. The molecule has 0 saturated carbocycles. The van der Waals surface area contributed by atoms with Gasteiger partial charge in [0.2, 0.25) is 17.2 Å². The summed E-state index contributed by atoms with van der Waals surface area (Å²) in [6, 6.07) is 13.2. The number of ether oxygens (including phenoxy) is 1. The van der Waals surface area contributed by atoms with Gasteiger partial charge in [-0.05, 0) is 37.6 Å². The zero-order valence-corrected chi connectivity index (χ0v) is 18.8. The van der Waals surface area contributed by atoms with Crippen LogP contribution >= 0.6 is 7.60 Å². The second-order valence-corrected chi connectivity index (χ2v) is 8.45. The van der Waals surface area contributed by atoms with Crippen LogP contribution in [0.2, 0.25) is 0 Å². The van der Waals surface area contributed by atoms with Crippen LogP contribution < -0.4 is 15.5 Å². The fourth-order valence-electron chi connectivity index (χ4n) is 2.91. The van der Waals surface area contributed by atoms with Crippen molar-refractivity contribution in [1.82, 2.24) is 4.98 Å². The molecule has 170 valence electrons. The van der Waals surface area contributed by atoms with Gasteiger partial charge in [0.15, 0.2) is 0 Å². The number of benzene rings is 2. The van der Waals surface area contributed by atoms with Crippen LogP contribution in [-0.2, 0) is 20.2 Å². The van der Waals surface area contributed by atoms with Crippen molar-refractivity contribution in [3.63, 3.8) is 0 Å². The molecule has 0 saturated heterocycles. The molecule has 0 spiro atoms. The Bertz CT molecular complexity index is 1100. The zero-order valence-electron chi connectivity index (χ0n) is 17.9. The zero-order chi connectivity index (χ0) is 23.1. The minimum atomic E-state index is -3.80. The summed E-state index contributed by atoms with van der Waals surface area (Å²) < 4.78 is 35.3. The Hall–Kier alpha value is -3.20. The molecule has 0 fully saturated rings. The van der Waals surface area contributed by atoms with Gasteiger partial charge >= 0.3 is 7.60 Å². The Morgan fingerprint density at radius 2 is 1.81 bits per heavy atom. The van der Waals surface area contributed by atoms with Crippen LogP contribution in [0.15, 0.2) is 52.9 Å². The van der Waals surface area contributed by atoms with Gasteiger partial charge in [-0.15, -0.1) is 0 Å². The first-order valence-corrected chi connectivity index (χ1v) is 11.5. The van der Waals surface area contributed by atoms with E-state index in [1.165, 1.54) is 18.2 Å². The highest BCUT2D eigenvalue weighted by atomic mass is 31.2. The number of oxazole rings is 1. The molecule has 11 heteroatoms. The van der Waals surface area contributed by atoms with E-state index in [0.717, 1.165) is 11.3 Å². The van der Waals surface area contributed by atoms with Crippen molar-refractivity contribution in [3.05, 3.63) is 64.2 Å². The summed E-state index contributed by atoms with van der Waals surface area (Å²) in [6.45, 7) is 3.98. The number of aromatic nitrogens is 1. The molecule has 3 aromatic rings. The van der Waals surface area contributed by atoms with E-state index >= 15 is 0 Å². The van der Waals surface area contributed by atoms with E-state index in [2.05, 4.69) is 10.3 Å². The SMILES string of the molecule is CCOP(=O)(OCC)c1nc(-c2cccc([N+](=O)[O-])c2)oc1NCc1ccc(OC)cc1. The fourth-order valence-corrected chi connectivity index (χ4v) is 4.50. The average Bonchev–Trinajstić information content (AvgIpc) is 3.24. The molecule has 0 unspecified atom stereocenters.